The number of nitrogens with zero attached hydrogens (tertiary/aromatic N) is 2. The Hall–Kier alpha value is -3.43. The minimum absolute atomic E-state index is 0.0656. The molecule has 1 aliphatic heterocycles. The molecule has 3 aromatic rings. The van der Waals surface area contributed by atoms with Crippen molar-refractivity contribution in [2.24, 2.45) is 0 Å². The number of benzene rings is 2. The van der Waals surface area contributed by atoms with Gasteiger partial charge in [-0.1, -0.05) is 6.07 Å². The van der Waals surface area contributed by atoms with Gasteiger partial charge in [-0.05, 0) is 80.4 Å². The Labute approximate surface area is 211 Å². The van der Waals surface area contributed by atoms with Crippen LogP contribution in [0.1, 0.15) is 25.5 Å². The lowest BCUT2D eigenvalue weighted by Crippen LogP contribution is -2.54. The third-order valence-electron chi connectivity index (χ3n) is 6.37. The quantitative estimate of drug-likeness (QED) is 0.394. The van der Waals surface area contributed by atoms with Crippen LogP contribution in [0.3, 0.4) is 0 Å². The maximum absolute atomic E-state index is 13.8. The lowest BCUT2D eigenvalue weighted by molar-refractivity contribution is -0.147. The van der Waals surface area contributed by atoms with Crippen LogP contribution in [0.4, 0.5) is 0 Å². The van der Waals surface area contributed by atoms with Gasteiger partial charge in [0, 0.05) is 25.8 Å². The molecule has 0 saturated carbocycles. The van der Waals surface area contributed by atoms with Gasteiger partial charge in [0.1, 0.15) is 17.2 Å². The summed E-state index contributed by atoms with van der Waals surface area (Å²) < 4.78 is 42.3. The number of carbonyl (C=O) groups excluding carboxylic acids is 1. The van der Waals surface area contributed by atoms with E-state index in [-0.39, 0.29) is 24.3 Å². The molecule has 0 amide bonds. The highest BCUT2D eigenvalue weighted by Crippen LogP contribution is 2.38. The molecule has 0 aliphatic carbocycles. The maximum Gasteiger partial charge on any atom is 0.327 e. The predicted molar refractivity (Wildman–Crippen MR) is 135 cm³/mol. The Kier molecular flexibility index (Phi) is 7.91. The van der Waals surface area contributed by atoms with Crippen LogP contribution in [-0.2, 0) is 25.9 Å². The standard InChI is InChI=1S/C27H30N2O6S/c1-3-34-26(30)27(15-18-29(19-16-27)20-21-6-4-5-17-28-21)36(31,32)25-13-11-24(12-14-25)35-23-9-7-22(33-2)8-10-23/h4-14,17H,3,15-16,18-20H2,1-2H3. The number of pyridine rings is 1. The predicted octanol–water partition coefficient (Wildman–Crippen LogP) is 4.25. The Morgan fingerprint density at radius 1 is 0.944 bits per heavy atom. The number of methoxy groups -OCH3 is 1. The van der Waals surface area contributed by atoms with Crippen molar-refractivity contribution >= 4 is 15.8 Å². The van der Waals surface area contributed by atoms with Crippen molar-refractivity contribution < 1.29 is 27.4 Å². The number of rotatable bonds is 9. The van der Waals surface area contributed by atoms with Crippen molar-refractivity contribution in [2.45, 2.75) is 36.0 Å². The molecule has 1 aromatic heterocycles. The summed E-state index contributed by atoms with van der Waals surface area (Å²) in [5, 5.41) is 0. The minimum atomic E-state index is -4.03. The van der Waals surface area contributed by atoms with Gasteiger partial charge in [0.15, 0.2) is 14.6 Å². The van der Waals surface area contributed by atoms with Gasteiger partial charge in [0.25, 0.3) is 0 Å². The fourth-order valence-corrected chi connectivity index (χ4v) is 6.27. The Morgan fingerprint density at radius 2 is 1.56 bits per heavy atom. The van der Waals surface area contributed by atoms with Gasteiger partial charge in [-0.15, -0.1) is 0 Å². The van der Waals surface area contributed by atoms with E-state index in [2.05, 4.69) is 9.88 Å². The number of carbonyl (C=O) groups is 1. The largest absolute Gasteiger partial charge is 0.497 e. The molecule has 0 N–H and O–H groups in total. The number of likely N-dealkylation sites (tertiary alicyclic amines) is 1. The Morgan fingerprint density at radius 3 is 2.11 bits per heavy atom. The topological polar surface area (TPSA) is 95.0 Å². The van der Waals surface area contributed by atoms with Gasteiger partial charge >= 0.3 is 5.97 Å². The van der Waals surface area contributed by atoms with Gasteiger partial charge in [0.05, 0.1) is 24.3 Å². The molecule has 190 valence electrons. The van der Waals surface area contributed by atoms with E-state index in [0.717, 1.165) is 5.69 Å². The van der Waals surface area contributed by atoms with Crippen molar-refractivity contribution in [3.8, 4) is 17.2 Å². The first kappa shape index (κ1) is 25.7. The summed E-state index contributed by atoms with van der Waals surface area (Å²) in [7, 11) is -2.44. The van der Waals surface area contributed by atoms with Gasteiger partial charge in [-0.3, -0.25) is 14.7 Å². The Balaban J connectivity index is 1.53. The molecule has 0 unspecified atom stereocenters. The fraction of sp³-hybridized carbons (Fsp3) is 0.333. The molecule has 0 bridgehead atoms. The third kappa shape index (κ3) is 5.37. The fourth-order valence-electron chi connectivity index (χ4n) is 4.33. The molecule has 0 atom stereocenters. The first-order valence-electron chi connectivity index (χ1n) is 11.8. The second kappa shape index (κ2) is 11.1. The minimum Gasteiger partial charge on any atom is -0.497 e. The zero-order valence-electron chi connectivity index (χ0n) is 20.4. The summed E-state index contributed by atoms with van der Waals surface area (Å²) in [6, 6.07) is 18.9. The first-order chi connectivity index (χ1) is 17.4. The van der Waals surface area contributed by atoms with E-state index in [1.165, 1.54) is 12.1 Å². The first-order valence-corrected chi connectivity index (χ1v) is 13.3. The second-order valence-corrected chi connectivity index (χ2v) is 10.8. The molecule has 8 nitrogen and oxygen atoms in total. The van der Waals surface area contributed by atoms with Crippen molar-refractivity contribution in [2.75, 3.05) is 26.8 Å². The zero-order chi connectivity index (χ0) is 25.6. The number of ether oxygens (including phenoxy) is 3. The average Bonchev–Trinajstić information content (AvgIpc) is 2.90. The lowest BCUT2D eigenvalue weighted by atomic mass is 9.95. The summed E-state index contributed by atoms with van der Waals surface area (Å²) in [4.78, 5) is 19.6. The van der Waals surface area contributed by atoms with Crippen molar-refractivity contribution in [1.29, 1.82) is 0 Å². The molecular formula is C27H30N2O6S. The number of piperidine rings is 1. The van der Waals surface area contributed by atoms with Gasteiger partial charge in [-0.2, -0.15) is 0 Å². The third-order valence-corrected chi connectivity index (χ3v) is 8.86. The summed E-state index contributed by atoms with van der Waals surface area (Å²) in [5.74, 6) is 1.09. The van der Waals surface area contributed by atoms with Crippen LogP contribution in [0.5, 0.6) is 17.2 Å². The normalized spacial score (nSPS) is 15.7. The summed E-state index contributed by atoms with van der Waals surface area (Å²) >= 11 is 0. The van der Waals surface area contributed by atoms with E-state index >= 15 is 0 Å². The van der Waals surface area contributed by atoms with Gasteiger partial charge < -0.3 is 14.2 Å². The number of esters is 1. The maximum atomic E-state index is 13.8. The number of aromatic nitrogens is 1. The highest BCUT2D eigenvalue weighted by atomic mass is 32.2. The second-order valence-electron chi connectivity index (χ2n) is 8.56. The van der Waals surface area contributed by atoms with Crippen LogP contribution in [0.2, 0.25) is 0 Å². The van der Waals surface area contributed by atoms with Crippen LogP contribution in [0, 0.1) is 0 Å². The highest BCUT2D eigenvalue weighted by molar-refractivity contribution is 7.93. The Bertz CT molecular complexity index is 1250. The molecule has 36 heavy (non-hydrogen) atoms. The van der Waals surface area contributed by atoms with Crippen molar-refractivity contribution in [3.63, 3.8) is 0 Å². The smallest absolute Gasteiger partial charge is 0.327 e. The van der Waals surface area contributed by atoms with E-state index < -0.39 is 20.6 Å². The van der Waals surface area contributed by atoms with E-state index in [9.17, 15) is 13.2 Å². The van der Waals surface area contributed by atoms with Crippen LogP contribution < -0.4 is 9.47 Å². The molecular weight excluding hydrogens is 480 g/mol. The zero-order valence-corrected chi connectivity index (χ0v) is 21.2. The van der Waals surface area contributed by atoms with E-state index in [4.69, 9.17) is 14.2 Å². The number of hydrogen-bond acceptors (Lipinski definition) is 8. The van der Waals surface area contributed by atoms with Gasteiger partial charge in [0.2, 0.25) is 0 Å². The van der Waals surface area contributed by atoms with Crippen LogP contribution in [0.15, 0.2) is 77.8 Å². The average molecular weight is 511 g/mol. The monoisotopic (exact) mass is 510 g/mol. The highest BCUT2D eigenvalue weighted by Gasteiger charge is 2.54. The molecule has 2 aromatic carbocycles. The lowest BCUT2D eigenvalue weighted by Gasteiger charge is -2.39. The van der Waals surface area contributed by atoms with Crippen molar-refractivity contribution in [3.05, 3.63) is 78.6 Å². The number of sulfone groups is 1. The molecule has 4 rings (SSSR count). The molecule has 9 heteroatoms. The molecule has 0 radical (unpaired) electrons. The van der Waals surface area contributed by atoms with E-state index in [1.807, 2.05) is 18.2 Å². The molecule has 1 fully saturated rings. The van der Waals surface area contributed by atoms with Crippen LogP contribution >= 0.6 is 0 Å². The van der Waals surface area contributed by atoms with E-state index in [0.29, 0.717) is 36.9 Å². The molecule has 1 saturated heterocycles. The molecule has 2 heterocycles. The van der Waals surface area contributed by atoms with E-state index in [1.54, 1.807) is 56.6 Å². The molecule has 0 spiro atoms. The summed E-state index contributed by atoms with van der Waals surface area (Å²) in [6.07, 6.45) is 2.02. The number of hydrogen-bond donors (Lipinski definition) is 0. The van der Waals surface area contributed by atoms with Crippen LogP contribution in [-0.4, -0.2) is 55.8 Å². The summed E-state index contributed by atoms with van der Waals surface area (Å²) in [6.45, 7) is 3.26. The summed E-state index contributed by atoms with van der Waals surface area (Å²) in [5.41, 5.74) is 0.899. The van der Waals surface area contributed by atoms with Crippen LogP contribution in [0.25, 0.3) is 0 Å². The van der Waals surface area contributed by atoms with Crippen molar-refractivity contribution in [1.82, 2.24) is 9.88 Å². The SMILES string of the molecule is CCOC(=O)C1(S(=O)(=O)c2ccc(Oc3ccc(OC)cc3)cc2)CCN(Cc2ccccn2)CC1. The molecule has 1 aliphatic rings. The van der Waals surface area contributed by atoms with Gasteiger partial charge in [-0.25, -0.2) is 8.42 Å².